The number of para-hydroxylation sites is 2. The molecule has 0 aliphatic carbocycles. The number of halogens is 1. The van der Waals surface area contributed by atoms with Gasteiger partial charge < -0.3 is 19.9 Å². The third-order valence-corrected chi connectivity index (χ3v) is 6.42. The van der Waals surface area contributed by atoms with Gasteiger partial charge in [0.1, 0.15) is 11.5 Å². The van der Waals surface area contributed by atoms with Crippen molar-refractivity contribution in [2.24, 2.45) is 0 Å². The topological polar surface area (TPSA) is 125 Å². The average Bonchev–Trinajstić information content (AvgIpc) is 3.34. The lowest BCUT2D eigenvalue weighted by atomic mass is 10.1. The number of aromatic amines is 1. The summed E-state index contributed by atoms with van der Waals surface area (Å²) in [5.41, 5.74) is 3.34. The van der Waals surface area contributed by atoms with Gasteiger partial charge in [0, 0.05) is 36.0 Å². The maximum Gasteiger partial charge on any atom is 0.293 e. The molecule has 2 heterocycles. The highest BCUT2D eigenvalue weighted by atomic mass is 35.5. The Balaban J connectivity index is 1.30. The summed E-state index contributed by atoms with van der Waals surface area (Å²) in [5, 5.41) is 17.7. The maximum absolute atomic E-state index is 12.8. The number of aromatic nitrogens is 2. The fourth-order valence-corrected chi connectivity index (χ4v) is 4.50. The summed E-state index contributed by atoms with van der Waals surface area (Å²) < 4.78 is 5.32. The molecule has 3 N–H and O–H groups in total. The molecule has 12 heteroatoms. The summed E-state index contributed by atoms with van der Waals surface area (Å²) in [5.74, 6) is 0.0260. The molecule has 3 aromatic carbocycles. The number of fused-ring (bicyclic) bond motifs is 1. The van der Waals surface area contributed by atoms with Crippen molar-refractivity contribution in [1.82, 2.24) is 15.3 Å². The van der Waals surface area contributed by atoms with Crippen LogP contribution in [0.3, 0.4) is 0 Å². The predicted octanol–water partition coefficient (Wildman–Crippen LogP) is 4.75. The zero-order chi connectivity index (χ0) is 25.9. The summed E-state index contributed by atoms with van der Waals surface area (Å²) >= 11 is 11.7. The predicted molar refractivity (Wildman–Crippen MR) is 146 cm³/mol. The van der Waals surface area contributed by atoms with Gasteiger partial charge in [0.15, 0.2) is 5.11 Å². The van der Waals surface area contributed by atoms with Crippen molar-refractivity contribution in [3.05, 3.63) is 81.4 Å². The second kappa shape index (κ2) is 10.5. The Hall–Kier alpha value is -4.06. The number of ether oxygens (including phenoxy) is 1. The van der Waals surface area contributed by atoms with E-state index in [0.29, 0.717) is 54.1 Å². The van der Waals surface area contributed by atoms with Crippen molar-refractivity contribution in [3.8, 4) is 11.4 Å². The molecule has 1 aromatic heterocycles. The van der Waals surface area contributed by atoms with E-state index >= 15 is 0 Å². The molecular formula is C25H21ClN6O4S. The highest BCUT2D eigenvalue weighted by Crippen LogP contribution is 2.31. The molecule has 0 spiro atoms. The van der Waals surface area contributed by atoms with E-state index < -0.39 is 10.8 Å². The lowest BCUT2D eigenvalue weighted by Gasteiger charge is -2.28. The van der Waals surface area contributed by atoms with Crippen LogP contribution in [0.25, 0.3) is 22.4 Å². The van der Waals surface area contributed by atoms with Gasteiger partial charge in [0.2, 0.25) is 0 Å². The number of nitrogens with one attached hydrogen (secondary N) is 3. The van der Waals surface area contributed by atoms with Crippen LogP contribution in [0.4, 0.5) is 17.1 Å². The van der Waals surface area contributed by atoms with E-state index in [4.69, 9.17) is 28.6 Å². The number of hydrogen-bond donors (Lipinski definition) is 3. The number of morpholine rings is 1. The SMILES string of the molecule is O=C(NC(=S)Nc1ccc(Cl)c(-c2nc3ccccc3[nH]2)c1)c1ccc(N2CCOCC2)c([N+](=O)[O-])c1. The van der Waals surface area contributed by atoms with Gasteiger partial charge in [0.05, 0.1) is 34.2 Å². The standard InChI is InChI=1S/C25H21ClN6O4S/c26-18-7-6-16(14-17(18)23-28-19-3-1-2-4-20(19)29-23)27-25(37)30-24(33)15-5-8-21(22(13-15)32(34)35)31-9-11-36-12-10-31/h1-8,13-14H,9-12H2,(H,28,29)(H2,27,30,33,37). The average molecular weight is 537 g/mol. The second-order valence-electron chi connectivity index (χ2n) is 8.27. The molecule has 188 valence electrons. The molecule has 1 aliphatic heterocycles. The molecule has 1 aliphatic rings. The first kappa shape index (κ1) is 24.6. The molecule has 5 rings (SSSR count). The second-order valence-corrected chi connectivity index (χ2v) is 9.08. The van der Waals surface area contributed by atoms with Gasteiger partial charge in [-0.3, -0.25) is 20.2 Å². The van der Waals surface area contributed by atoms with Gasteiger partial charge in [-0.2, -0.15) is 0 Å². The number of amides is 1. The third-order valence-electron chi connectivity index (χ3n) is 5.88. The number of carbonyl (C=O) groups excluding carboxylic acids is 1. The van der Waals surface area contributed by atoms with Gasteiger partial charge in [0.25, 0.3) is 11.6 Å². The number of carbonyl (C=O) groups is 1. The Bertz CT molecular complexity index is 1490. The van der Waals surface area contributed by atoms with Crippen molar-refractivity contribution >= 4 is 62.9 Å². The molecule has 0 atom stereocenters. The number of rotatable bonds is 5. The Labute approximate surface area is 221 Å². The van der Waals surface area contributed by atoms with Crippen LogP contribution in [0.2, 0.25) is 5.02 Å². The molecule has 0 bridgehead atoms. The van der Waals surface area contributed by atoms with Crippen molar-refractivity contribution < 1.29 is 14.5 Å². The van der Waals surface area contributed by atoms with E-state index in [2.05, 4.69) is 20.6 Å². The molecule has 0 unspecified atom stereocenters. The fourth-order valence-electron chi connectivity index (χ4n) is 4.09. The van der Waals surface area contributed by atoms with E-state index in [1.54, 1.807) is 24.3 Å². The Morgan fingerprint density at radius 1 is 1.14 bits per heavy atom. The first-order chi connectivity index (χ1) is 17.9. The molecule has 0 saturated carbocycles. The summed E-state index contributed by atoms with van der Waals surface area (Å²) in [6.07, 6.45) is 0. The maximum atomic E-state index is 12.8. The number of H-pyrrole nitrogens is 1. The van der Waals surface area contributed by atoms with Crippen LogP contribution < -0.4 is 15.5 Å². The molecule has 1 amide bonds. The van der Waals surface area contributed by atoms with Crippen LogP contribution in [0.5, 0.6) is 0 Å². The molecule has 1 fully saturated rings. The third kappa shape index (κ3) is 5.38. The minimum atomic E-state index is -0.569. The molecule has 4 aromatic rings. The quantitative estimate of drug-likeness (QED) is 0.189. The zero-order valence-electron chi connectivity index (χ0n) is 19.4. The van der Waals surface area contributed by atoms with Crippen molar-refractivity contribution in [3.63, 3.8) is 0 Å². The minimum Gasteiger partial charge on any atom is -0.378 e. The zero-order valence-corrected chi connectivity index (χ0v) is 20.9. The summed E-state index contributed by atoms with van der Waals surface area (Å²) in [7, 11) is 0. The van der Waals surface area contributed by atoms with Gasteiger partial charge >= 0.3 is 0 Å². The lowest BCUT2D eigenvalue weighted by Crippen LogP contribution is -2.37. The highest BCUT2D eigenvalue weighted by molar-refractivity contribution is 7.80. The van der Waals surface area contributed by atoms with E-state index in [0.717, 1.165) is 11.0 Å². The van der Waals surface area contributed by atoms with Crippen molar-refractivity contribution in [1.29, 1.82) is 0 Å². The van der Waals surface area contributed by atoms with E-state index in [-0.39, 0.29) is 16.4 Å². The molecule has 37 heavy (non-hydrogen) atoms. The Morgan fingerprint density at radius 3 is 2.68 bits per heavy atom. The largest absolute Gasteiger partial charge is 0.378 e. The number of nitro benzene ring substituents is 1. The van der Waals surface area contributed by atoms with Gasteiger partial charge in [-0.1, -0.05) is 23.7 Å². The fraction of sp³-hybridized carbons (Fsp3) is 0.160. The Kier molecular flexibility index (Phi) is 6.99. The van der Waals surface area contributed by atoms with Gasteiger partial charge in [-0.25, -0.2) is 4.98 Å². The smallest absolute Gasteiger partial charge is 0.293 e. The number of thiocarbonyl (C=S) groups is 1. The van der Waals surface area contributed by atoms with Crippen LogP contribution in [-0.4, -0.2) is 52.2 Å². The van der Waals surface area contributed by atoms with Gasteiger partial charge in [-0.05, 0) is 54.7 Å². The first-order valence-corrected chi connectivity index (χ1v) is 12.2. The van der Waals surface area contributed by atoms with Crippen LogP contribution >= 0.6 is 23.8 Å². The molecule has 0 radical (unpaired) electrons. The molecular weight excluding hydrogens is 516 g/mol. The van der Waals surface area contributed by atoms with Gasteiger partial charge in [-0.15, -0.1) is 0 Å². The minimum absolute atomic E-state index is 0.0304. The summed E-state index contributed by atoms with van der Waals surface area (Å²) in [4.78, 5) is 33.7. The van der Waals surface area contributed by atoms with Crippen LogP contribution in [0, 0.1) is 10.1 Å². The van der Waals surface area contributed by atoms with Crippen LogP contribution in [0.15, 0.2) is 60.7 Å². The van der Waals surface area contributed by atoms with E-state index in [1.165, 1.54) is 12.1 Å². The highest BCUT2D eigenvalue weighted by Gasteiger charge is 2.23. The number of imidazole rings is 1. The summed E-state index contributed by atoms with van der Waals surface area (Å²) in [6, 6.07) is 17.2. The molecule has 1 saturated heterocycles. The van der Waals surface area contributed by atoms with Crippen LogP contribution in [0.1, 0.15) is 10.4 Å². The van der Waals surface area contributed by atoms with E-state index in [1.807, 2.05) is 29.2 Å². The number of nitro groups is 1. The number of anilines is 2. The number of nitrogens with zero attached hydrogens (tertiary/aromatic N) is 3. The monoisotopic (exact) mass is 536 g/mol. The first-order valence-electron chi connectivity index (χ1n) is 11.4. The van der Waals surface area contributed by atoms with Crippen LogP contribution in [-0.2, 0) is 4.74 Å². The lowest BCUT2D eigenvalue weighted by molar-refractivity contribution is -0.384. The number of benzene rings is 3. The summed E-state index contributed by atoms with van der Waals surface area (Å²) in [6.45, 7) is 2.05. The molecule has 10 nitrogen and oxygen atoms in total. The van der Waals surface area contributed by atoms with E-state index in [9.17, 15) is 14.9 Å². The van der Waals surface area contributed by atoms with Crippen molar-refractivity contribution in [2.45, 2.75) is 0 Å². The normalized spacial score (nSPS) is 13.4. The van der Waals surface area contributed by atoms with Crippen molar-refractivity contribution in [2.75, 3.05) is 36.5 Å². The number of hydrogen-bond acceptors (Lipinski definition) is 7. The Morgan fingerprint density at radius 2 is 1.92 bits per heavy atom.